The fraction of sp³-hybridized carbons (Fsp3) is 0.364. The van der Waals surface area contributed by atoms with Crippen LogP contribution in [0.5, 0.6) is 0 Å². The van der Waals surface area contributed by atoms with E-state index in [1.54, 1.807) is 24.7 Å². The maximum atomic E-state index is 12.1. The predicted molar refractivity (Wildman–Crippen MR) is 123 cm³/mol. The highest BCUT2D eigenvalue weighted by molar-refractivity contribution is 5.90. The van der Waals surface area contributed by atoms with Crippen molar-refractivity contribution < 1.29 is 9.63 Å². The van der Waals surface area contributed by atoms with Gasteiger partial charge in [-0.3, -0.25) is 19.6 Å². The molecule has 0 fully saturated rings. The van der Waals surface area contributed by atoms with Gasteiger partial charge in [0.1, 0.15) is 5.69 Å². The molecule has 0 spiro atoms. The molecule has 1 amide bonds. The molecule has 3 aromatic rings. The van der Waals surface area contributed by atoms with Gasteiger partial charge in [-0.15, -0.1) is 5.48 Å². The van der Waals surface area contributed by atoms with Crippen LogP contribution >= 0.6 is 0 Å². The third-order valence-electron chi connectivity index (χ3n) is 5.13. The highest BCUT2D eigenvalue weighted by atomic mass is 16.7. The van der Waals surface area contributed by atoms with Gasteiger partial charge in [-0.1, -0.05) is 18.2 Å². The Morgan fingerprint density at radius 2 is 1.94 bits per heavy atom. The quantitative estimate of drug-likeness (QED) is 0.324. The second kappa shape index (κ2) is 11.1. The van der Waals surface area contributed by atoms with E-state index >= 15 is 0 Å². The van der Waals surface area contributed by atoms with E-state index in [2.05, 4.69) is 41.3 Å². The average molecular weight is 451 g/mol. The van der Waals surface area contributed by atoms with Gasteiger partial charge in [0.15, 0.2) is 12.0 Å². The fourth-order valence-electron chi connectivity index (χ4n) is 3.44. The predicted octanol–water partition coefficient (Wildman–Crippen LogP) is 1.82. The number of carbonyl (C=O) groups is 1. The van der Waals surface area contributed by atoms with Gasteiger partial charge >= 0.3 is 0 Å². The van der Waals surface area contributed by atoms with Crippen molar-refractivity contribution in [3.63, 3.8) is 0 Å². The van der Waals surface area contributed by atoms with Crippen LogP contribution in [0.15, 0.2) is 52.6 Å². The molecule has 11 heteroatoms. The van der Waals surface area contributed by atoms with Gasteiger partial charge in [0.05, 0.1) is 11.6 Å². The fourth-order valence-corrected chi connectivity index (χ4v) is 3.44. The Bertz CT molecular complexity index is 1170. The zero-order chi connectivity index (χ0) is 22.9. The molecule has 0 aliphatic carbocycles. The summed E-state index contributed by atoms with van der Waals surface area (Å²) in [6.45, 7) is 1.30. The topological polar surface area (TPSA) is 146 Å². The summed E-state index contributed by atoms with van der Waals surface area (Å²) in [5.41, 5.74) is 3.29. The Labute approximate surface area is 190 Å². The Morgan fingerprint density at radius 1 is 1.09 bits per heavy atom. The van der Waals surface area contributed by atoms with Gasteiger partial charge in [0.25, 0.3) is 5.56 Å². The van der Waals surface area contributed by atoms with Gasteiger partial charge < -0.3 is 15.5 Å². The number of anilines is 1. The summed E-state index contributed by atoms with van der Waals surface area (Å²) < 4.78 is 0. The highest BCUT2D eigenvalue weighted by Crippen LogP contribution is 2.18. The average Bonchev–Trinajstić information content (AvgIpc) is 3.32. The lowest BCUT2D eigenvalue weighted by Gasteiger charge is -2.08. The normalized spacial score (nSPS) is 15.2. The van der Waals surface area contributed by atoms with E-state index in [0.717, 1.165) is 18.2 Å². The Kier molecular flexibility index (Phi) is 7.54. The van der Waals surface area contributed by atoms with Crippen molar-refractivity contribution in [2.75, 3.05) is 18.4 Å². The molecule has 1 aliphatic heterocycles. The monoisotopic (exact) mass is 450 g/mol. The van der Waals surface area contributed by atoms with Crippen LogP contribution in [0, 0.1) is 0 Å². The number of nitrogens with one attached hydrogen (secondary N) is 4. The summed E-state index contributed by atoms with van der Waals surface area (Å²) in [6, 6.07) is 7.34. The number of unbranched alkanes of at least 4 members (excludes halogenated alkanes) is 1. The maximum Gasteiger partial charge on any atom is 0.272 e. The van der Waals surface area contributed by atoms with Crippen LogP contribution in [0.1, 0.15) is 44.0 Å². The molecule has 0 saturated heterocycles. The van der Waals surface area contributed by atoms with E-state index in [9.17, 15) is 9.59 Å². The standard InChI is InChI=1S/C22H26N8O3/c31-18(8-5-9-19-27-21(30-33-19)17-14-23-12-13-24-17)25-10-3-4-11-26-20-15-6-1-2-7-16(15)22(32)29-28-20/h1-2,6-7,12-14,21,30H,3-5,8-11H2,(H,25,31)(H,26,28)(H,29,32). The second-order valence-corrected chi connectivity index (χ2v) is 7.56. The number of aromatic nitrogens is 4. The summed E-state index contributed by atoms with van der Waals surface area (Å²) in [5.74, 6) is 1.23. The van der Waals surface area contributed by atoms with Crippen molar-refractivity contribution in [1.82, 2.24) is 31.0 Å². The molecular weight excluding hydrogens is 424 g/mol. The first-order chi connectivity index (χ1) is 16.2. The minimum atomic E-state index is -0.361. The molecule has 4 N–H and O–H groups in total. The summed E-state index contributed by atoms with van der Waals surface area (Å²) in [5, 5.41) is 14.2. The molecule has 1 aromatic carbocycles. The SMILES string of the molecule is O=C(CCCC1=NC(c2cnccn2)NO1)NCCCCNc1n[nH]c(=O)c2ccccc12. The van der Waals surface area contributed by atoms with Gasteiger partial charge in [-0.05, 0) is 25.3 Å². The van der Waals surface area contributed by atoms with E-state index in [1.807, 2.05) is 18.2 Å². The van der Waals surface area contributed by atoms with Crippen LogP contribution in [-0.4, -0.2) is 45.1 Å². The van der Waals surface area contributed by atoms with Crippen molar-refractivity contribution in [2.24, 2.45) is 4.99 Å². The van der Waals surface area contributed by atoms with Gasteiger partial charge in [0.2, 0.25) is 11.8 Å². The van der Waals surface area contributed by atoms with Crippen LogP contribution in [0.4, 0.5) is 5.82 Å². The van der Waals surface area contributed by atoms with Crippen LogP contribution < -0.4 is 21.7 Å². The molecule has 2 aromatic heterocycles. The number of benzene rings is 1. The maximum absolute atomic E-state index is 12.1. The highest BCUT2D eigenvalue weighted by Gasteiger charge is 2.21. The molecule has 0 radical (unpaired) electrons. The Hall–Kier alpha value is -3.86. The molecule has 4 rings (SSSR count). The molecule has 11 nitrogen and oxygen atoms in total. The molecule has 1 unspecified atom stereocenters. The third kappa shape index (κ3) is 6.10. The minimum absolute atomic E-state index is 0.00767. The number of fused-ring (bicyclic) bond motifs is 1. The van der Waals surface area contributed by atoms with Gasteiger partial charge in [-0.25, -0.2) is 10.1 Å². The number of rotatable bonds is 11. The third-order valence-corrected chi connectivity index (χ3v) is 5.13. The van der Waals surface area contributed by atoms with E-state index in [1.165, 1.54) is 0 Å². The number of aliphatic imine (C=N–C) groups is 1. The molecule has 0 saturated carbocycles. The lowest BCUT2D eigenvalue weighted by molar-refractivity contribution is -0.121. The van der Waals surface area contributed by atoms with E-state index in [-0.39, 0.29) is 17.6 Å². The number of hydrogen-bond donors (Lipinski definition) is 4. The van der Waals surface area contributed by atoms with Gasteiger partial charge in [0, 0.05) is 43.7 Å². The lowest BCUT2D eigenvalue weighted by Crippen LogP contribution is -2.24. The van der Waals surface area contributed by atoms with Crippen LogP contribution in [0.25, 0.3) is 10.8 Å². The molecule has 1 atom stereocenters. The first-order valence-corrected chi connectivity index (χ1v) is 10.9. The smallest absolute Gasteiger partial charge is 0.272 e. The molecular formula is C22H26N8O3. The minimum Gasteiger partial charge on any atom is -0.391 e. The number of amides is 1. The van der Waals surface area contributed by atoms with Gasteiger partial charge in [-0.2, -0.15) is 5.10 Å². The van der Waals surface area contributed by atoms with Crippen LogP contribution in [0.3, 0.4) is 0 Å². The number of hydrogen-bond acceptors (Lipinski definition) is 9. The largest absolute Gasteiger partial charge is 0.391 e. The summed E-state index contributed by atoms with van der Waals surface area (Å²) >= 11 is 0. The number of aromatic amines is 1. The van der Waals surface area contributed by atoms with Crippen molar-refractivity contribution in [1.29, 1.82) is 0 Å². The Morgan fingerprint density at radius 3 is 2.79 bits per heavy atom. The molecule has 33 heavy (non-hydrogen) atoms. The molecule has 1 aliphatic rings. The second-order valence-electron chi connectivity index (χ2n) is 7.56. The first kappa shape index (κ1) is 22.3. The lowest BCUT2D eigenvalue weighted by atomic mass is 10.2. The zero-order valence-corrected chi connectivity index (χ0v) is 18.1. The number of H-pyrrole nitrogens is 1. The van der Waals surface area contributed by atoms with Crippen molar-refractivity contribution in [3.8, 4) is 0 Å². The Balaban J connectivity index is 1.09. The first-order valence-electron chi connectivity index (χ1n) is 10.9. The number of nitrogens with zero attached hydrogens (tertiary/aromatic N) is 4. The number of hydroxylamine groups is 1. The van der Waals surface area contributed by atoms with Crippen molar-refractivity contribution in [3.05, 3.63) is 58.9 Å². The summed E-state index contributed by atoms with van der Waals surface area (Å²) in [4.78, 5) is 41.9. The van der Waals surface area contributed by atoms with E-state index in [0.29, 0.717) is 55.1 Å². The van der Waals surface area contributed by atoms with E-state index < -0.39 is 0 Å². The summed E-state index contributed by atoms with van der Waals surface area (Å²) in [6.07, 6.45) is 7.79. The molecule has 0 bridgehead atoms. The van der Waals surface area contributed by atoms with Crippen LogP contribution in [-0.2, 0) is 9.63 Å². The summed E-state index contributed by atoms with van der Waals surface area (Å²) in [7, 11) is 0. The van der Waals surface area contributed by atoms with E-state index in [4.69, 9.17) is 4.84 Å². The zero-order valence-electron chi connectivity index (χ0n) is 18.1. The number of carbonyl (C=O) groups excluding carboxylic acids is 1. The molecule has 172 valence electrons. The van der Waals surface area contributed by atoms with Crippen molar-refractivity contribution in [2.45, 2.75) is 38.3 Å². The van der Waals surface area contributed by atoms with Crippen molar-refractivity contribution >= 4 is 28.4 Å². The van der Waals surface area contributed by atoms with Crippen LogP contribution in [0.2, 0.25) is 0 Å². The molecule has 3 heterocycles.